The number of aromatic nitrogens is 3. The van der Waals surface area contributed by atoms with Gasteiger partial charge in [-0.25, -0.2) is 4.68 Å². The molecule has 0 spiro atoms. The average Bonchev–Trinajstić information content (AvgIpc) is 2.37. The van der Waals surface area contributed by atoms with Gasteiger partial charge in [0.1, 0.15) is 0 Å². The normalized spacial score (nSPS) is 13.2. The number of anilines is 1. The van der Waals surface area contributed by atoms with Crippen LogP contribution in [0.4, 0.5) is 5.82 Å². The summed E-state index contributed by atoms with van der Waals surface area (Å²) >= 11 is 0. The number of nitrogen functional groups attached to an aromatic ring is 1. The highest BCUT2D eigenvalue weighted by molar-refractivity contribution is 5.31. The van der Waals surface area contributed by atoms with Gasteiger partial charge in [-0.1, -0.05) is 25.5 Å². The summed E-state index contributed by atoms with van der Waals surface area (Å²) in [5.74, 6) is 1.19. The van der Waals surface area contributed by atoms with Crippen LogP contribution in [0, 0.1) is 12.8 Å². The van der Waals surface area contributed by atoms with E-state index in [1.165, 1.54) is 12.8 Å². The molecule has 0 saturated carbocycles. The number of rotatable bonds is 4. The second-order valence-electron chi connectivity index (χ2n) is 3.64. The van der Waals surface area contributed by atoms with E-state index in [9.17, 15) is 0 Å². The maximum Gasteiger partial charge on any atom is 0.168 e. The zero-order valence-electron chi connectivity index (χ0n) is 8.62. The lowest BCUT2D eigenvalue weighted by molar-refractivity contribution is 0.408. The maximum atomic E-state index is 5.60. The highest BCUT2D eigenvalue weighted by Crippen LogP contribution is 2.11. The molecule has 4 heteroatoms. The first-order valence-electron chi connectivity index (χ1n) is 4.80. The Bertz CT molecular complexity index is 267. The van der Waals surface area contributed by atoms with Crippen molar-refractivity contribution >= 4 is 5.82 Å². The van der Waals surface area contributed by atoms with Crippen LogP contribution in [0.3, 0.4) is 0 Å². The summed E-state index contributed by atoms with van der Waals surface area (Å²) < 4.78 is 1.88. The molecule has 0 aliphatic heterocycles. The molecular weight excluding hydrogens is 164 g/mol. The van der Waals surface area contributed by atoms with E-state index >= 15 is 0 Å². The summed E-state index contributed by atoms with van der Waals surface area (Å²) in [7, 11) is 0. The molecule has 4 nitrogen and oxygen atoms in total. The van der Waals surface area contributed by atoms with Gasteiger partial charge in [0, 0.05) is 6.54 Å². The molecule has 0 amide bonds. The molecule has 1 atom stereocenters. The van der Waals surface area contributed by atoms with Gasteiger partial charge < -0.3 is 5.73 Å². The van der Waals surface area contributed by atoms with Crippen LogP contribution in [0.25, 0.3) is 0 Å². The lowest BCUT2D eigenvalue weighted by Gasteiger charge is -2.10. The zero-order valence-corrected chi connectivity index (χ0v) is 8.62. The zero-order chi connectivity index (χ0) is 9.84. The molecule has 1 aromatic heterocycles. The van der Waals surface area contributed by atoms with Crippen molar-refractivity contribution in [3.8, 4) is 0 Å². The molecule has 0 bridgehead atoms. The highest BCUT2D eigenvalue weighted by Gasteiger charge is 2.07. The van der Waals surface area contributed by atoms with Crippen molar-refractivity contribution in [1.29, 1.82) is 0 Å². The van der Waals surface area contributed by atoms with Gasteiger partial charge in [-0.2, -0.15) is 0 Å². The molecule has 0 fully saturated rings. The molecule has 0 radical (unpaired) electrons. The van der Waals surface area contributed by atoms with Crippen LogP contribution in [0.1, 0.15) is 32.4 Å². The monoisotopic (exact) mass is 182 g/mol. The largest absolute Gasteiger partial charge is 0.381 e. The number of hydrogen-bond acceptors (Lipinski definition) is 3. The molecule has 13 heavy (non-hydrogen) atoms. The highest BCUT2D eigenvalue weighted by atomic mass is 15.4. The van der Waals surface area contributed by atoms with Crippen molar-refractivity contribution in [3.05, 3.63) is 5.69 Å². The van der Waals surface area contributed by atoms with Crippen molar-refractivity contribution in [2.45, 2.75) is 40.2 Å². The molecule has 2 N–H and O–H groups in total. The first-order chi connectivity index (χ1) is 6.15. The quantitative estimate of drug-likeness (QED) is 0.769. The topological polar surface area (TPSA) is 56.7 Å². The molecule has 0 saturated heterocycles. The fraction of sp³-hybridized carbons (Fsp3) is 0.778. The van der Waals surface area contributed by atoms with Crippen molar-refractivity contribution in [2.75, 3.05) is 5.73 Å². The molecule has 1 unspecified atom stereocenters. The molecule has 74 valence electrons. The average molecular weight is 182 g/mol. The van der Waals surface area contributed by atoms with Gasteiger partial charge in [0.05, 0.1) is 5.69 Å². The minimum absolute atomic E-state index is 0.545. The van der Waals surface area contributed by atoms with Crippen LogP contribution in [-0.4, -0.2) is 15.0 Å². The predicted molar refractivity (Wildman–Crippen MR) is 53.2 cm³/mol. The fourth-order valence-corrected chi connectivity index (χ4v) is 1.43. The Kier molecular flexibility index (Phi) is 3.28. The minimum atomic E-state index is 0.545. The smallest absolute Gasteiger partial charge is 0.168 e. The van der Waals surface area contributed by atoms with Gasteiger partial charge in [0.15, 0.2) is 5.82 Å². The molecule has 0 aliphatic rings. The van der Waals surface area contributed by atoms with E-state index in [-0.39, 0.29) is 0 Å². The van der Waals surface area contributed by atoms with Gasteiger partial charge in [-0.15, -0.1) is 5.10 Å². The standard InChI is InChI=1S/C9H18N4/c1-4-5-7(2)6-13-8(3)9(10)11-12-13/h7H,4-6,10H2,1-3H3. The lowest BCUT2D eigenvalue weighted by Crippen LogP contribution is -2.10. The van der Waals surface area contributed by atoms with Crippen molar-refractivity contribution in [2.24, 2.45) is 5.92 Å². The van der Waals surface area contributed by atoms with E-state index in [1.54, 1.807) is 0 Å². The van der Waals surface area contributed by atoms with Gasteiger partial charge in [-0.05, 0) is 19.3 Å². The second-order valence-corrected chi connectivity index (χ2v) is 3.64. The number of hydrogen-bond donors (Lipinski definition) is 1. The van der Waals surface area contributed by atoms with Crippen molar-refractivity contribution < 1.29 is 0 Å². The summed E-state index contributed by atoms with van der Waals surface area (Å²) in [6, 6.07) is 0. The third kappa shape index (κ3) is 2.44. The Morgan fingerprint density at radius 1 is 1.54 bits per heavy atom. The summed E-state index contributed by atoms with van der Waals surface area (Å²) in [4.78, 5) is 0. The van der Waals surface area contributed by atoms with Crippen LogP contribution in [0.2, 0.25) is 0 Å². The van der Waals surface area contributed by atoms with E-state index in [1.807, 2.05) is 11.6 Å². The minimum Gasteiger partial charge on any atom is -0.381 e. The molecule has 0 aromatic carbocycles. The Morgan fingerprint density at radius 2 is 2.23 bits per heavy atom. The van der Waals surface area contributed by atoms with Gasteiger partial charge in [-0.3, -0.25) is 0 Å². The third-order valence-electron chi connectivity index (χ3n) is 2.28. The van der Waals surface area contributed by atoms with Crippen LogP contribution < -0.4 is 5.73 Å². The summed E-state index contributed by atoms with van der Waals surface area (Å²) in [5, 5.41) is 7.80. The Hall–Kier alpha value is -1.06. The van der Waals surface area contributed by atoms with Crippen LogP contribution in [-0.2, 0) is 6.54 Å². The number of nitrogens with two attached hydrogens (primary N) is 1. The van der Waals surface area contributed by atoms with Crippen molar-refractivity contribution in [1.82, 2.24) is 15.0 Å². The van der Waals surface area contributed by atoms with Gasteiger partial charge in [0.25, 0.3) is 0 Å². The lowest BCUT2D eigenvalue weighted by atomic mass is 10.1. The SMILES string of the molecule is CCCC(C)Cn1nnc(N)c1C. The Balaban J connectivity index is 2.58. The number of nitrogens with zero attached hydrogens (tertiary/aromatic N) is 3. The molecular formula is C9H18N4. The first-order valence-corrected chi connectivity index (χ1v) is 4.80. The Morgan fingerprint density at radius 3 is 2.69 bits per heavy atom. The van der Waals surface area contributed by atoms with Crippen LogP contribution in [0.15, 0.2) is 0 Å². The predicted octanol–water partition coefficient (Wildman–Crippen LogP) is 1.60. The summed E-state index contributed by atoms with van der Waals surface area (Å²) in [5.41, 5.74) is 6.57. The van der Waals surface area contributed by atoms with E-state index < -0.39 is 0 Å². The molecule has 0 aliphatic carbocycles. The van der Waals surface area contributed by atoms with E-state index in [4.69, 9.17) is 5.73 Å². The maximum absolute atomic E-state index is 5.60. The second kappa shape index (κ2) is 4.25. The van der Waals surface area contributed by atoms with E-state index in [0.717, 1.165) is 12.2 Å². The van der Waals surface area contributed by atoms with Crippen molar-refractivity contribution in [3.63, 3.8) is 0 Å². The van der Waals surface area contributed by atoms with Gasteiger partial charge in [0.2, 0.25) is 0 Å². The first kappa shape index (κ1) is 10.0. The third-order valence-corrected chi connectivity index (χ3v) is 2.28. The van der Waals surface area contributed by atoms with Gasteiger partial charge >= 0.3 is 0 Å². The molecule has 1 heterocycles. The van der Waals surface area contributed by atoms with Crippen LogP contribution in [0.5, 0.6) is 0 Å². The van der Waals surface area contributed by atoms with E-state index in [2.05, 4.69) is 24.2 Å². The van der Waals surface area contributed by atoms with E-state index in [0.29, 0.717) is 11.7 Å². The fourth-order valence-electron chi connectivity index (χ4n) is 1.43. The van der Waals surface area contributed by atoms with Crippen LogP contribution >= 0.6 is 0 Å². The summed E-state index contributed by atoms with van der Waals surface area (Å²) in [6.45, 7) is 7.29. The molecule has 1 aromatic rings. The Labute approximate surface area is 79.1 Å². The molecule has 1 rings (SSSR count). The summed E-state index contributed by atoms with van der Waals surface area (Å²) in [6.07, 6.45) is 2.43.